The van der Waals surface area contributed by atoms with Gasteiger partial charge in [0.2, 0.25) is 5.79 Å². The highest BCUT2D eigenvalue weighted by Crippen LogP contribution is 2.49. The summed E-state index contributed by atoms with van der Waals surface area (Å²) in [6.07, 6.45) is 2.56. The Labute approximate surface area is 210 Å². The molecule has 2 rings (SSSR count). The average Bonchev–Trinajstić information content (AvgIpc) is 3.19. The maximum atomic E-state index is 14.0. The van der Waals surface area contributed by atoms with Gasteiger partial charge in [-0.1, -0.05) is 6.92 Å². The van der Waals surface area contributed by atoms with Crippen molar-refractivity contribution in [1.82, 2.24) is 24.6 Å². The zero-order chi connectivity index (χ0) is 27.1. The first-order valence-electron chi connectivity index (χ1n) is 11.7. The zero-order valence-electron chi connectivity index (χ0n) is 21.9. The first-order valence-corrected chi connectivity index (χ1v) is 13.5. The van der Waals surface area contributed by atoms with Crippen LogP contribution in [0.4, 0.5) is 5.82 Å². The van der Waals surface area contributed by atoms with Crippen LogP contribution in [0, 0.1) is 0 Å². The summed E-state index contributed by atoms with van der Waals surface area (Å²) >= 11 is 0. The van der Waals surface area contributed by atoms with E-state index in [4.69, 9.17) is 24.5 Å². The van der Waals surface area contributed by atoms with Crippen molar-refractivity contribution in [2.75, 3.05) is 18.7 Å². The predicted octanol–water partition coefficient (Wildman–Crippen LogP) is 2.64. The van der Waals surface area contributed by atoms with Crippen molar-refractivity contribution >= 4 is 36.8 Å². The lowest BCUT2D eigenvalue weighted by molar-refractivity contribution is -0.187. The Morgan fingerprint density at radius 3 is 2.56 bits per heavy atom. The van der Waals surface area contributed by atoms with Crippen LogP contribution in [0.5, 0.6) is 0 Å². The maximum absolute atomic E-state index is 14.0. The van der Waals surface area contributed by atoms with Crippen LogP contribution in [-0.4, -0.2) is 68.3 Å². The number of aldehydes is 1. The lowest BCUT2D eigenvalue weighted by Crippen LogP contribution is -2.48. The second-order valence-electron chi connectivity index (χ2n) is 9.37. The zero-order valence-corrected chi connectivity index (χ0v) is 22.8. The fourth-order valence-corrected chi connectivity index (χ4v) is 5.58. The molecule has 0 radical (unpaired) electrons. The summed E-state index contributed by atoms with van der Waals surface area (Å²) < 4.78 is 38.0. The smallest absolute Gasteiger partial charge is 0.326 e. The van der Waals surface area contributed by atoms with E-state index in [2.05, 4.69) is 20.0 Å². The highest BCUT2D eigenvalue weighted by molar-refractivity contribution is 7.56. The lowest BCUT2D eigenvalue weighted by Gasteiger charge is -2.35. The Morgan fingerprint density at radius 2 is 1.94 bits per heavy atom. The molecule has 0 aliphatic carbocycles. The summed E-state index contributed by atoms with van der Waals surface area (Å²) in [6.45, 7) is 11.9. The van der Waals surface area contributed by atoms with Gasteiger partial charge in [0.15, 0.2) is 17.8 Å². The second kappa shape index (κ2) is 12.2. The molecule has 0 aliphatic rings. The van der Waals surface area contributed by atoms with Crippen molar-refractivity contribution in [1.29, 1.82) is 0 Å². The molecule has 0 aliphatic heterocycles. The van der Waals surface area contributed by atoms with Crippen LogP contribution in [-0.2, 0) is 39.4 Å². The number of esters is 1. The van der Waals surface area contributed by atoms with E-state index in [1.54, 1.807) is 31.7 Å². The Morgan fingerprint density at radius 1 is 1.25 bits per heavy atom. The molecule has 3 N–H and O–H groups in total. The molecule has 0 saturated heterocycles. The predicted molar refractivity (Wildman–Crippen MR) is 133 cm³/mol. The number of nitrogens with zero attached hydrogens (tertiary/aromatic N) is 4. The van der Waals surface area contributed by atoms with Gasteiger partial charge in [-0.3, -0.25) is 18.7 Å². The minimum absolute atomic E-state index is 0.206. The van der Waals surface area contributed by atoms with Crippen molar-refractivity contribution in [3.05, 3.63) is 12.7 Å². The van der Waals surface area contributed by atoms with E-state index in [9.17, 15) is 14.2 Å². The summed E-state index contributed by atoms with van der Waals surface area (Å²) in [6, 6.07) is 0. The van der Waals surface area contributed by atoms with Gasteiger partial charge in [0.25, 0.3) is 7.52 Å². The van der Waals surface area contributed by atoms with E-state index < -0.39 is 43.4 Å². The number of nitrogens with two attached hydrogens (primary N) is 1. The summed E-state index contributed by atoms with van der Waals surface area (Å²) in [5.74, 6) is -2.22. The minimum Gasteiger partial charge on any atom is -0.464 e. The normalized spacial score (nSPS) is 16.4. The van der Waals surface area contributed by atoms with Gasteiger partial charge in [0.05, 0.1) is 31.7 Å². The van der Waals surface area contributed by atoms with Crippen molar-refractivity contribution in [2.24, 2.45) is 0 Å². The van der Waals surface area contributed by atoms with Crippen molar-refractivity contribution < 1.29 is 32.9 Å². The first-order chi connectivity index (χ1) is 16.7. The van der Waals surface area contributed by atoms with E-state index in [1.165, 1.54) is 27.1 Å². The van der Waals surface area contributed by atoms with E-state index in [0.29, 0.717) is 30.4 Å². The number of rotatable bonds is 15. The minimum atomic E-state index is -4.02. The standard InChI is InChI=1S/C22H37N6O7P/c1-8-9-32-20(30)21(5,6)27-36(31,35-22(7,11-29)34-15(2)3)14-33-16(4)10-28-13-26-17-18(23)24-12-25-19(17)28/h11-13,15-16H,8-10,14H2,1-7H3,(H,27,31)(H2,23,24,25)/t16-,22+,36?/m1/s1. The molecule has 2 aromatic heterocycles. The SMILES string of the molecule is CCCOC(=O)C(C)(C)NP(=O)(CO[C@H](C)Cn1cnc2c(N)ncnc21)O[C@@](C)(C=O)OC(C)C. The quantitative estimate of drug-likeness (QED) is 0.150. The topological polar surface area (TPSA) is 170 Å². The number of nitrogen functional groups attached to an aromatic ring is 1. The van der Waals surface area contributed by atoms with Gasteiger partial charge in [-0.25, -0.2) is 20.0 Å². The number of carbonyl (C=O) groups excluding carboxylic acids is 2. The highest BCUT2D eigenvalue weighted by Gasteiger charge is 2.44. The van der Waals surface area contributed by atoms with Crippen molar-refractivity contribution in [3.63, 3.8) is 0 Å². The highest BCUT2D eigenvalue weighted by atomic mass is 31.2. The number of fused-ring (bicyclic) bond motifs is 1. The molecule has 0 amide bonds. The summed E-state index contributed by atoms with van der Waals surface area (Å²) in [7, 11) is -4.02. The molecule has 36 heavy (non-hydrogen) atoms. The average molecular weight is 529 g/mol. The molecule has 14 heteroatoms. The molecule has 0 spiro atoms. The van der Waals surface area contributed by atoms with Gasteiger partial charge in [-0.15, -0.1) is 0 Å². The molecule has 13 nitrogen and oxygen atoms in total. The fourth-order valence-electron chi connectivity index (χ4n) is 3.35. The molecule has 0 aromatic carbocycles. The van der Waals surface area contributed by atoms with Crippen LogP contribution in [0.2, 0.25) is 0 Å². The van der Waals surface area contributed by atoms with Crippen LogP contribution in [0.25, 0.3) is 11.2 Å². The lowest BCUT2D eigenvalue weighted by atomic mass is 10.1. The Bertz CT molecular complexity index is 1090. The van der Waals surface area contributed by atoms with Gasteiger partial charge < -0.3 is 24.5 Å². The monoisotopic (exact) mass is 528 g/mol. The molecule has 0 fully saturated rings. The number of anilines is 1. The van der Waals surface area contributed by atoms with E-state index in [0.717, 1.165) is 0 Å². The van der Waals surface area contributed by atoms with Crippen LogP contribution >= 0.6 is 7.52 Å². The number of ether oxygens (including phenoxy) is 3. The van der Waals surface area contributed by atoms with Crippen LogP contribution in [0.3, 0.4) is 0 Å². The third-order valence-electron chi connectivity index (χ3n) is 4.82. The molecule has 2 aromatic rings. The van der Waals surface area contributed by atoms with Crippen LogP contribution < -0.4 is 10.8 Å². The van der Waals surface area contributed by atoms with Crippen LogP contribution in [0.1, 0.15) is 54.9 Å². The Balaban J connectivity index is 2.22. The third kappa shape index (κ3) is 8.04. The molecule has 3 atom stereocenters. The van der Waals surface area contributed by atoms with Gasteiger partial charge in [-0.05, 0) is 48.0 Å². The van der Waals surface area contributed by atoms with Gasteiger partial charge in [0.1, 0.15) is 23.7 Å². The summed E-state index contributed by atoms with van der Waals surface area (Å²) in [5.41, 5.74) is 5.41. The number of carbonyl (C=O) groups is 2. The number of imidazole rings is 1. The third-order valence-corrected chi connectivity index (χ3v) is 6.87. The largest absolute Gasteiger partial charge is 0.464 e. The summed E-state index contributed by atoms with van der Waals surface area (Å²) in [5, 5.41) is 2.73. The molecule has 1 unspecified atom stereocenters. The van der Waals surface area contributed by atoms with Gasteiger partial charge >= 0.3 is 5.97 Å². The van der Waals surface area contributed by atoms with Crippen molar-refractivity contribution in [2.45, 2.75) is 85.0 Å². The molecule has 0 saturated carbocycles. The maximum Gasteiger partial charge on any atom is 0.326 e. The molecule has 202 valence electrons. The summed E-state index contributed by atoms with van der Waals surface area (Å²) in [4.78, 5) is 36.7. The number of nitrogens with one attached hydrogen (secondary N) is 1. The van der Waals surface area contributed by atoms with E-state index in [-0.39, 0.29) is 12.4 Å². The number of aromatic nitrogens is 4. The van der Waals surface area contributed by atoms with E-state index in [1.807, 2.05) is 6.92 Å². The number of hydrogen-bond donors (Lipinski definition) is 2. The first kappa shape index (κ1) is 29.8. The van der Waals surface area contributed by atoms with E-state index >= 15 is 0 Å². The van der Waals surface area contributed by atoms with Crippen LogP contribution in [0.15, 0.2) is 12.7 Å². The fraction of sp³-hybridized carbons (Fsp3) is 0.682. The van der Waals surface area contributed by atoms with Crippen molar-refractivity contribution in [3.8, 4) is 0 Å². The second-order valence-corrected chi connectivity index (χ2v) is 11.4. The Hall–Kier alpha value is -2.44. The molecular formula is C22H37N6O7P. The Kier molecular flexibility index (Phi) is 10.1. The molecular weight excluding hydrogens is 491 g/mol. The number of hydrogen-bond acceptors (Lipinski definition) is 11. The molecule has 0 bridgehead atoms. The molecule has 2 heterocycles. The van der Waals surface area contributed by atoms with Gasteiger partial charge in [-0.2, -0.15) is 0 Å². The van der Waals surface area contributed by atoms with Gasteiger partial charge in [0, 0.05) is 0 Å².